The third-order valence-electron chi connectivity index (χ3n) is 1.23. The molecule has 12 heavy (non-hydrogen) atoms. The van der Waals surface area contributed by atoms with E-state index in [1.54, 1.807) is 6.07 Å². The van der Waals surface area contributed by atoms with Crippen molar-refractivity contribution in [3.05, 3.63) is 24.3 Å². The van der Waals surface area contributed by atoms with Crippen LogP contribution in [0.15, 0.2) is 29.2 Å². The maximum absolute atomic E-state index is 10.6. The fraction of sp³-hybridized carbons (Fsp3) is 0. The summed E-state index contributed by atoms with van der Waals surface area (Å²) in [5, 5.41) is 0. The number of hydrogen-bond donors (Lipinski definition) is 1. The second kappa shape index (κ2) is 3.30. The van der Waals surface area contributed by atoms with E-state index >= 15 is 0 Å². The van der Waals surface area contributed by atoms with Crippen LogP contribution in [0.5, 0.6) is 0 Å². The fourth-order valence-electron chi connectivity index (χ4n) is 0.745. The van der Waals surface area contributed by atoms with Crippen LogP contribution in [0.1, 0.15) is 0 Å². The van der Waals surface area contributed by atoms with Crippen molar-refractivity contribution in [2.24, 2.45) is 0 Å². The maximum Gasteiger partial charge on any atom is 0.296 e. The summed E-state index contributed by atoms with van der Waals surface area (Å²) in [7, 11) is -4.22. The molecule has 0 saturated carbocycles. The second-order valence-corrected chi connectivity index (χ2v) is 3.59. The fourth-order valence-corrected chi connectivity index (χ4v) is 1.57. The highest BCUT2D eigenvalue weighted by Gasteiger charge is 2.14. The van der Waals surface area contributed by atoms with E-state index in [4.69, 9.17) is 16.3 Å². The minimum atomic E-state index is -4.22. The molecule has 0 fully saturated rings. The molecule has 0 aliphatic rings. The van der Waals surface area contributed by atoms with Gasteiger partial charge < -0.3 is 0 Å². The predicted molar refractivity (Wildman–Crippen MR) is 43.9 cm³/mol. The first kappa shape index (κ1) is 9.31. The number of hydrogen-bond acceptors (Lipinski definition) is 2. The average molecular weight is 207 g/mol. The van der Waals surface area contributed by atoms with Crippen molar-refractivity contribution in [2.45, 2.75) is 4.90 Å². The van der Waals surface area contributed by atoms with Crippen molar-refractivity contribution in [2.75, 3.05) is 0 Å². The molecule has 0 unspecified atom stereocenters. The van der Waals surface area contributed by atoms with Crippen LogP contribution in [0.2, 0.25) is 0 Å². The lowest BCUT2D eigenvalue weighted by Gasteiger charge is -2.00. The van der Waals surface area contributed by atoms with Gasteiger partial charge in [0.2, 0.25) is 0 Å². The predicted octanol–water partition coefficient (Wildman–Crippen LogP) is 1.32. The molecule has 1 radical (unpaired) electrons. The highest BCUT2D eigenvalue weighted by Crippen LogP contribution is 2.20. The Bertz CT molecular complexity index is 376. The quantitative estimate of drug-likeness (QED) is 0.743. The second-order valence-electron chi connectivity index (χ2n) is 2.03. The van der Waals surface area contributed by atoms with Gasteiger partial charge >= 0.3 is 0 Å². The van der Waals surface area contributed by atoms with Crippen LogP contribution in [0.25, 0.3) is 0 Å². The molecule has 0 spiro atoms. The lowest BCUT2D eigenvalue weighted by atomic mass is 10.3. The summed E-state index contributed by atoms with van der Waals surface area (Å²) in [6, 6.07) is 5.64. The van der Waals surface area contributed by atoms with E-state index in [0.29, 0.717) is 0 Å². The molecular formula is C6H5ClNO3S. The van der Waals surface area contributed by atoms with E-state index in [2.05, 4.69) is 4.84 Å². The minimum absolute atomic E-state index is 0.0293. The normalized spacial score (nSPS) is 11.2. The van der Waals surface area contributed by atoms with Gasteiger partial charge in [-0.3, -0.25) is 4.55 Å². The topological polar surface area (TPSA) is 68.5 Å². The molecule has 0 bridgehead atoms. The molecule has 0 aromatic heterocycles. The maximum atomic E-state index is 10.6. The number of benzene rings is 1. The zero-order chi connectivity index (χ0) is 9.19. The first-order valence-electron chi connectivity index (χ1n) is 2.94. The lowest BCUT2D eigenvalue weighted by molar-refractivity contribution is 0.483. The monoisotopic (exact) mass is 206 g/mol. The van der Waals surface area contributed by atoms with Gasteiger partial charge in [-0.15, -0.1) is 0 Å². The highest BCUT2D eigenvalue weighted by atomic mass is 35.5. The van der Waals surface area contributed by atoms with Gasteiger partial charge in [-0.25, -0.2) is 0 Å². The van der Waals surface area contributed by atoms with E-state index in [1.165, 1.54) is 18.2 Å². The zero-order valence-electron chi connectivity index (χ0n) is 5.81. The molecule has 1 aromatic carbocycles. The summed E-state index contributed by atoms with van der Waals surface area (Å²) in [5.74, 6) is 0. The third kappa shape index (κ3) is 1.88. The smallest absolute Gasteiger partial charge is 0.282 e. The van der Waals surface area contributed by atoms with E-state index in [1.807, 2.05) is 0 Å². The van der Waals surface area contributed by atoms with E-state index in [-0.39, 0.29) is 10.6 Å². The Hall–Kier alpha value is -0.780. The molecule has 0 amide bonds. The molecule has 6 heteroatoms. The molecule has 0 atom stereocenters. The Morgan fingerprint density at radius 3 is 2.33 bits per heavy atom. The van der Waals surface area contributed by atoms with Gasteiger partial charge in [0, 0.05) is 11.8 Å². The summed E-state index contributed by atoms with van der Waals surface area (Å²) < 4.78 is 30.0. The Morgan fingerprint density at radius 1 is 1.33 bits per heavy atom. The Labute approximate surface area is 75.0 Å². The summed E-state index contributed by atoms with van der Waals surface area (Å²) in [6.45, 7) is 0. The van der Waals surface area contributed by atoms with Crippen molar-refractivity contribution in [1.29, 1.82) is 0 Å². The van der Waals surface area contributed by atoms with Crippen LogP contribution < -0.4 is 4.84 Å². The summed E-state index contributed by atoms with van der Waals surface area (Å²) in [4.78, 5) is 2.88. The Balaban J connectivity index is 3.33. The molecule has 0 aliphatic heterocycles. The van der Waals surface area contributed by atoms with Gasteiger partial charge in [0.15, 0.2) is 0 Å². The van der Waals surface area contributed by atoms with Crippen LogP contribution in [0, 0.1) is 0 Å². The van der Waals surface area contributed by atoms with Gasteiger partial charge in [0.25, 0.3) is 10.1 Å². The molecule has 1 N–H and O–H groups in total. The molecule has 0 aliphatic carbocycles. The molecule has 1 rings (SSSR count). The first-order valence-corrected chi connectivity index (χ1v) is 4.72. The lowest BCUT2D eigenvalue weighted by Crippen LogP contribution is -2.00. The molecule has 0 heterocycles. The largest absolute Gasteiger partial charge is 0.296 e. The SMILES string of the molecule is O=S(=O)(O)c1ccccc1[N]Cl. The van der Waals surface area contributed by atoms with E-state index in [0.717, 1.165) is 0 Å². The van der Waals surface area contributed by atoms with Crippen molar-refractivity contribution in [3.8, 4) is 0 Å². The van der Waals surface area contributed by atoms with Crippen molar-refractivity contribution in [1.82, 2.24) is 4.84 Å². The van der Waals surface area contributed by atoms with Crippen molar-refractivity contribution in [3.63, 3.8) is 0 Å². The molecular weight excluding hydrogens is 202 g/mol. The molecule has 1 aromatic rings. The Morgan fingerprint density at radius 2 is 1.92 bits per heavy atom. The number of nitrogens with zero attached hydrogens (tertiary/aromatic N) is 1. The number of rotatable bonds is 2. The summed E-state index contributed by atoms with van der Waals surface area (Å²) in [5.41, 5.74) is 0.0293. The standard InChI is InChI=1S/C6H5ClNO3S/c7-8-5-3-1-2-4-6(5)12(9,10)11/h1-4H,(H,9,10,11). The average Bonchev–Trinajstić information content (AvgIpc) is 2.03. The van der Waals surface area contributed by atoms with Gasteiger partial charge in [-0.1, -0.05) is 12.1 Å². The Kier molecular flexibility index (Phi) is 2.56. The van der Waals surface area contributed by atoms with Gasteiger partial charge in [0.05, 0.1) is 5.69 Å². The minimum Gasteiger partial charge on any atom is -0.282 e. The van der Waals surface area contributed by atoms with Crippen LogP contribution in [0.3, 0.4) is 0 Å². The zero-order valence-corrected chi connectivity index (χ0v) is 7.38. The van der Waals surface area contributed by atoms with Crippen LogP contribution in [-0.4, -0.2) is 13.0 Å². The van der Waals surface area contributed by atoms with Gasteiger partial charge in [0.1, 0.15) is 4.90 Å². The first-order chi connectivity index (χ1) is 5.55. The van der Waals surface area contributed by atoms with Gasteiger partial charge in [-0.2, -0.15) is 13.3 Å². The third-order valence-corrected chi connectivity index (χ3v) is 2.32. The van der Waals surface area contributed by atoms with E-state index in [9.17, 15) is 8.42 Å². The summed E-state index contributed by atoms with van der Waals surface area (Å²) in [6.07, 6.45) is 0. The van der Waals surface area contributed by atoms with Crippen LogP contribution >= 0.6 is 11.8 Å². The molecule has 0 saturated heterocycles. The van der Waals surface area contributed by atoms with Crippen molar-refractivity contribution < 1.29 is 13.0 Å². The summed E-state index contributed by atoms with van der Waals surface area (Å²) >= 11 is 5.09. The molecule has 4 nitrogen and oxygen atoms in total. The number of halogens is 1. The van der Waals surface area contributed by atoms with Gasteiger partial charge in [-0.05, 0) is 12.1 Å². The van der Waals surface area contributed by atoms with Crippen LogP contribution in [0.4, 0.5) is 5.69 Å². The highest BCUT2D eigenvalue weighted by molar-refractivity contribution is 7.86. The van der Waals surface area contributed by atoms with Crippen LogP contribution in [-0.2, 0) is 10.1 Å². The van der Waals surface area contributed by atoms with Crippen molar-refractivity contribution >= 4 is 27.6 Å². The molecule has 65 valence electrons. The van der Waals surface area contributed by atoms with E-state index < -0.39 is 10.1 Å².